The molecule has 2 aromatic rings. The summed E-state index contributed by atoms with van der Waals surface area (Å²) in [6.45, 7) is 3.64. The zero-order valence-corrected chi connectivity index (χ0v) is 13.9. The van der Waals surface area contributed by atoms with Crippen molar-refractivity contribution in [2.24, 2.45) is 11.7 Å². The molecule has 0 aliphatic carbocycles. The summed E-state index contributed by atoms with van der Waals surface area (Å²) in [7, 11) is 1.60. The van der Waals surface area contributed by atoms with Gasteiger partial charge in [-0.15, -0.1) is 0 Å². The van der Waals surface area contributed by atoms with E-state index in [9.17, 15) is 9.59 Å². The molecule has 0 bridgehead atoms. The molecule has 126 valence electrons. The van der Waals surface area contributed by atoms with Gasteiger partial charge in [0.2, 0.25) is 5.91 Å². The number of imide groups is 1. The SMILES string of the molecule is COc1cccc(-c2ccc(C(=O)NC(=O)[C@@H](N)C(C)C)cn2)c1. The highest BCUT2D eigenvalue weighted by Gasteiger charge is 2.20. The summed E-state index contributed by atoms with van der Waals surface area (Å²) in [5, 5.41) is 2.29. The van der Waals surface area contributed by atoms with Crippen LogP contribution in [0.25, 0.3) is 11.3 Å². The fraction of sp³-hybridized carbons (Fsp3) is 0.278. The van der Waals surface area contributed by atoms with Gasteiger partial charge in [-0.05, 0) is 30.2 Å². The van der Waals surface area contributed by atoms with Gasteiger partial charge in [-0.25, -0.2) is 0 Å². The number of nitrogens with one attached hydrogen (secondary N) is 1. The Morgan fingerprint density at radius 1 is 1.21 bits per heavy atom. The average Bonchev–Trinajstić information content (AvgIpc) is 2.61. The van der Waals surface area contributed by atoms with Crippen LogP contribution in [-0.4, -0.2) is 29.9 Å². The summed E-state index contributed by atoms with van der Waals surface area (Å²) in [6.07, 6.45) is 1.43. The molecule has 0 aliphatic heterocycles. The number of nitrogens with two attached hydrogens (primary N) is 1. The Kier molecular flexibility index (Phi) is 5.65. The minimum atomic E-state index is -0.724. The summed E-state index contributed by atoms with van der Waals surface area (Å²) in [5.41, 5.74) is 7.60. The van der Waals surface area contributed by atoms with E-state index in [0.29, 0.717) is 11.3 Å². The smallest absolute Gasteiger partial charge is 0.259 e. The van der Waals surface area contributed by atoms with Crippen LogP contribution >= 0.6 is 0 Å². The van der Waals surface area contributed by atoms with Gasteiger partial charge in [-0.1, -0.05) is 26.0 Å². The largest absolute Gasteiger partial charge is 0.497 e. The fourth-order valence-electron chi connectivity index (χ4n) is 2.05. The maximum absolute atomic E-state index is 12.1. The second kappa shape index (κ2) is 7.70. The van der Waals surface area contributed by atoms with Crippen LogP contribution in [-0.2, 0) is 4.79 Å². The molecule has 6 heteroatoms. The Morgan fingerprint density at radius 2 is 1.96 bits per heavy atom. The van der Waals surface area contributed by atoms with Crippen molar-refractivity contribution >= 4 is 11.8 Å². The number of methoxy groups -OCH3 is 1. The quantitative estimate of drug-likeness (QED) is 0.876. The van der Waals surface area contributed by atoms with Crippen molar-refractivity contribution in [1.29, 1.82) is 0 Å². The van der Waals surface area contributed by atoms with Crippen molar-refractivity contribution in [2.75, 3.05) is 7.11 Å². The van der Waals surface area contributed by atoms with Crippen molar-refractivity contribution in [2.45, 2.75) is 19.9 Å². The normalized spacial score (nSPS) is 11.9. The third kappa shape index (κ3) is 4.17. The number of rotatable bonds is 5. The third-order valence-corrected chi connectivity index (χ3v) is 3.65. The zero-order valence-electron chi connectivity index (χ0n) is 13.9. The summed E-state index contributed by atoms with van der Waals surface area (Å²) in [4.78, 5) is 28.2. The highest BCUT2D eigenvalue weighted by Crippen LogP contribution is 2.22. The maximum atomic E-state index is 12.1. The molecule has 0 saturated heterocycles. The van der Waals surface area contributed by atoms with Crippen LogP contribution in [0.4, 0.5) is 0 Å². The highest BCUT2D eigenvalue weighted by atomic mass is 16.5. The van der Waals surface area contributed by atoms with Crippen LogP contribution < -0.4 is 15.8 Å². The number of pyridine rings is 1. The molecule has 0 fully saturated rings. The summed E-state index contributed by atoms with van der Waals surface area (Å²) in [5.74, 6) is -0.330. The topological polar surface area (TPSA) is 94.3 Å². The lowest BCUT2D eigenvalue weighted by atomic mass is 10.0. The van der Waals surface area contributed by atoms with Crippen molar-refractivity contribution in [1.82, 2.24) is 10.3 Å². The van der Waals surface area contributed by atoms with Gasteiger partial charge in [0, 0.05) is 11.8 Å². The Hall–Kier alpha value is -2.73. The number of benzene rings is 1. The third-order valence-electron chi connectivity index (χ3n) is 3.65. The highest BCUT2D eigenvalue weighted by molar-refractivity contribution is 6.06. The minimum absolute atomic E-state index is 0.0497. The van der Waals surface area contributed by atoms with Crippen LogP contribution in [0.5, 0.6) is 5.75 Å². The van der Waals surface area contributed by atoms with Crippen LogP contribution in [0.15, 0.2) is 42.6 Å². The standard InChI is InChI=1S/C18H21N3O3/c1-11(2)16(19)18(23)21-17(22)13-7-8-15(20-10-13)12-5-4-6-14(9-12)24-3/h4-11,16H,19H2,1-3H3,(H,21,22,23)/t16-/m0/s1. The Morgan fingerprint density at radius 3 is 2.54 bits per heavy atom. The average molecular weight is 327 g/mol. The van der Waals surface area contributed by atoms with E-state index >= 15 is 0 Å². The molecule has 0 spiro atoms. The van der Waals surface area contributed by atoms with Crippen LogP contribution in [0.1, 0.15) is 24.2 Å². The number of carbonyl (C=O) groups is 2. The maximum Gasteiger partial charge on any atom is 0.259 e. The van der Waals surface area contributed by atoms with E-state index < -0.39 is 17.9 Å². The predicted octanol–water partition coefficient (Wildman–Crippen LogP) is 2.00. The van der Waals surface area contributed by atoms with Gasteiger partial charge in [-0.2, -0.15) is 0 Å². The van der Waals surface area contributed by atoms with E-state index in [0.717, 1.165) is 11.3 Å². The number of hydrogen-bond donors (Lipinski definition) is 2. The lowest BCUT2D eigenvalue weighted by molar-refractivity contribution is -0.122. The lowest BCUT2D eigenvalue weighted by Crippen LogP contribution is -2.46. The monoisotopic (exact) mass is 327 g/mol. The first-order valence-electron chi connectivity index (χ1n) is 7.63. The number of aromatic nitrogens is 1. The molecule has 1 atom stereocenters. The number of amides is 2. The second-order valence-corrected chi connectivity index (χ2v) is 5.75. The molecule has 0 saturated carbocycles. The first-order valence-corrected chi connectivity index (χ1v) is 7.63. The fourth-order valence-corrected chi connectivity index (χ4v) is 2.05. The zero-order chi connectivity index (χ0) is 17.7. The van der Waals surface area contributed by atoms with Crippen molar-refractivity contribution in [3.8, 4) is 17.0 Å². The van der Waals surface area contributed by atoms with Crippen LogP contribution in [0, 0.1) is 5.92 Å². The van der Waals surface area contributed by atoms with E-state index in [1.54, 1.807) is 19.2 Å². The number of nitrogens with zero attached hydrogens (tertiary/aromatic N) is 1. The van der Waals surface area contributed by atoms with E-state index in [1.165, 1.54) is 6.20 Å². The van der Waals surface area contributed by atoms with Crippen LogP contribution in [0.3, 0.4) is 0 Å². The molecule has 0 radical (unpaired) electrons. The first-order chi connectivity index (χ1) is 11.4. The van der Waals surface area contributed by atoms with Gasteiger partial charge >= 0.3 is 0 Å². The molecule has 24 heavy (non-hydrogen) atoms. The summed E-state index contributed by atoms with van der Waals surface area (Å²) >= 11 is 0. The Balaban J connectivity index is 2.11. The molecule has 2 rings (SSSR count). The Bertz CT molecular complexity index is 727. The molecular formula is C18H21N3O3. The molecule has 0 unspecified atom stereocenters. The number of ether oxygens (including phenoxy) is 1. The molecule has 2 amide bonds. The molecule has 3 N–H and O–H groups in total. The van der Waals surface area contributed by atoms with Crippen molar-refractivity contribution in [3.05, 3.63) is 48.2 Å². The number of carbonyl (C=O) groups excluding carboxylic acids is 2. The van der Waals surface area contributed by atoms with Gasteiger partial charge in [0.1, 0.15) is 5.75 Å². The van der Waals surface area contributed by atoms with Gasteiger partial charge < -0.3 is 10.5 Å². The van der Waals surface area contributed by atoms with Gasteiger partial charge in [-0.3, -0.25) is 19.9 Å². The summed E-state index contributed by atoms with van der Waals surface area (Å²) in [6, 6.07) is 10.1. The lowest BCUT2D eigenvalue weighted by Gasteiger charge is -2.14. The van der Waals surface area contributed by atoms with Crippen molar-refractivity contribution < 1.29 is 14.3 Å². The van der Waals surface area contributed by atoms with E-state index in [4.69, 9.17) is 10.5 Å². The summed E-state index contributed by atoms with van der Waals surface area (Å²) < 4.78 is 5.18. The molecule has 1 aromatic heterocycles. The van der Waals surface area contributed by atoms with Gasteiger partial charge in [0.05, 0.1) is 24.4 Å². The van der Waals surface area contributed by atoms with E-state index in [1.807, 2.05) is 38.1 Å². The minimum Gasteiger partial charge on any atom is -0.497 e. The molecule has 6 nitrogen and oxygen atoms in total. The van der Waals surface area contributed by atoms with Crippen molar-refractivity contribution in [3.63, 3.8) is 0 Å². The molecular weight excluding hydrogens is 306 g/mol. The molecule has 1 heterocycles. The first kappa shape index (κ1) is 17.6. The Labute approximate surface area is 141 Å². The predicted molar refractivity (Wildman–Crippen MR) is 91.5 cm³/mol. The number of hydrogen-bond acceptors (Lipinski definition) is 5. The van der Waals surface area contributed by atoms with E-state index in [-0.39, 0.29) is 5.92 Å². The van der Waals surface area contributed by atoms with Crippen LogP contribution in [0.2, 0.25) is 0 Å². The molecule has 0 aliphatic rings. The second-order valence-electron chi connectivity index (χ2n) is 5.75. The van der Waals surface area contributed by atoms with Gasteiger partial charge in [0.25, 0.3) is 5.91 Å². The van der Waals surface area contributed by atoms with Gasteiger partial charge in [0.15, 0.2) is 0 Å². The molecule has 1 aromatic carbocycles. The van der Waals surface area contributed by atoms with E-state index in [2.05, 4.69) is 10.3 Å².